The maximum atomic E-state index is 12.9. The van der Waals surface area contributed by atoms with E-state index in [-0.39, 0.29) is 5.82 Å². The van der Waals surface area contributed by atoms with Crippen molar-refractivity contribution < 1.29 is 9.13 Å². The second-order valence-electron chi connectivity index (χ2n) is 4.73. The fourth-order valence-corrected chi connectivity index (χ4v) is 2.33. The van der Waals surface area contributed by atoms with Crippen molar-refractivity contribution in [2.45, 2.75) is 0 Å². The van der Waals surface area contributed by atoms with Gasteiger partial charge in [-0.2, -0.15) is 0 Å². The number of hydrogen-bond donors (Lipinski definition) is 0. The second kappa shape index (κ2) is 5.90. The Labute approximate surface area is 122 Å². The van der Waals surface area contributed by atoms with Crippen LogP contribution < -0.4 is 14.5 Å². The van der Waals surface area contributed by atoms with Gasteiger partial charge < -0.3 is 14.5 Å². The minimum absolute atomic E-state index is 0.314. The fourth-order valence-electron chi connectivity index (χ4n) is 2.33. The van der Waals surface area contributed by atoms with E-state index in [1.165, 1.54) is 18.6 Å². The van der Waals surface area contributed by atoms with E-state index in [1.54, 1.807) is 13.2 Å². The predicted molar refractivity (Wildman–Crippen MR) is 77.2 cm³/mol. The summed E-state index contributed by atoms with van der Waals surface area (Å²) in [5.74, 6) is 1.90. The maximum Gasteiger partial charge on any atom is 0.218 e. The summed E-state index contributed by atoms with van der Waals surface area (Å²) in [5, 5.41) is 0. The molecular weight excluding hydrogens is 273 g/mol. The normalized spacial score (nSPS) is 15.1. The summed E-state index contributed by atoms with van der Waals surface area (Å²) in [6, 6.07) is 4.97. The van der Waals surface area contributed by atoms with Crippen molar-refractivity contribution in [1.82, 2.24) is 15.0 Å². The summed E-state index contributed by atoms with van der Waals surface area (Å²) in [5.41, 5.74) is 0. The van der Waals surface area contributed by atoms with E-state index in [9.17, 15) is 4.39 Å². The van der Waals surface area contributed by atoms with E-state index in [0.29, 0.717) is 5.88 Å². The quantitative estimate of drug-likeness (QED) is 0.850. The molecule has 3 rings (SSSR count). The first-order valence-electron chi connectivity index (χ1n) is 6.74. The average molecular weight is 289 g/mol. The van der Waals surface area contributed by atoms with Crippen LogP contribution in [0.2, 0.25) is 0 Å². The zero-order valence-corrected chi connectivity index (χ0v) is 11.7. The first-order chi connectivity index (χ1) is 10.3. The number of pyridine rings is 1. The Morgan fingerprint density at radius 1 is 1.00 bits per heavy atom. The van der Waals surface area contributed by atoms with Crippen LogP contribution in [0.4, 0.5) is 16.0 Å². The van der Waals surface area contributed by atoms with Crippen molar-refractivity contribution in [3.05, 3.63) is 36.5 Å². The molecule has 0 aliphatic carbocycles. The summed E-state index contributed by atoms with van der Waals surface area (Å²) in [4.78, 5) is 16.7. The van der Waals surface area contributed by atoms with Crippen LogP contribution in [0.15, 0.2) is 30.7 Å². The van der Waals surface area contributed by atoms with Crippen LogP contribution in [-0.4, -0.2) is 48.2 Å². The monoisotopic (exact) mass is 289 g/mol. The van der Waals surface area contributed by atoms with Crippen LogP contribution in [0.1, 0.15) is 0 Å². The molecule has 1 saturated heterocycles. The maximum absolute atomic E-state index is 12.9. The number of halogens is 1. The average Bonchev–Trinajstić information content (AvgIpc) is 2.56. The minimum atomic E-state index is -0.314. The third-order valence-electron chi connectivity index (χ3n) is 3.48. The van der Waals surface area contributed by atoms with Crippen molar-refractivity contribution in [3.63, 3.8) is 0 Å². The number of ether oxygens (including phenoxy) is 1. The Hall–Kier alpha value is -2.44. The van der Waals surface area contributed by atoms with E-state index in [4.69, 9.17) is 4.74 Å². The van der Waals surface area contributed by atoms with Gasteiger partial charge in [-0.1, -0.05) is 0 Å². The molecule has 0 aromatic carbocycles. The van der Waals surface area contributed by atoms with Crippen molar-refractivity contribution in [2.24, 2.45) is 0 Å². The zero-order chi connectivity index (χ0) is 14.7. The molecule has 1 fully saturated rings. The molecule has 110 valence electrons. The summed E-state index contributed by atoms with van der Waals surface area (Å²) >= 11 is 0. The number of hydrogen-bond acceptors (Lipinski definition) is 6. The lowest BCUT2D eigenvalue weighted by Gasteiger charge is -2.36. The van der Waals surface area contributed by atoms with Crippen molar-refractivity contribution in [2.75, 3.05) is 43.1 Å². The predicted octanol–water partition coefficient (Wildman–Crippen LogP) is 1.35. The number of aromatic nitrogens is 3. The molecule has 1 aliphatic heterocycles. The van der Waals surface area contributed by atoms with Gasteiger partial charge in [0.05, 0.1) is 13.3 Å². The van der Waals surface area contributed by atoms with Gasteiger partial charge in [-0.3, -0.25) is 0 Å². The third-order valence-corrected chi connectivity index (χ3v) is 3.48. The van der Waals surface area contributed by atoms with Gasteiger partial charge in [-0.15, -0.1) is 0 Å². The Morgan fingerprint density at radius 3 is 2.33 bits per heavy atom. The number of rotatable bonds is 3. The summed E-state index contributed by atoms with van der Waals surface area (Å²) in [6.07, 6.45) is 2.75. The molecule has 0 amide bonds. The van der Waals surface area contributed by atoms with Crippen LogP contribution in [-0.2, 0) is 0 Å². The standard InChI is InChI=1S/C14H16FN5O/c1-21-14-8-13(17-10-18-14)20-6-4-19(5-7-20)12-3-2-11(15)9-16-12/h2-3,8-10H,4-7H2,1H3. The molecule has 0 atom stereocenters. The van der Waals surface area contributed by atoms with Crippen molar-refractivity contribution in [3.8, 4) is 5.88 Å². The van der Waals surface area contributed by atoms with Gasteiger partial charge in [0.15, 0.2) is 0 Å². The van der Waals surface area contributed by atoms with Crippen LogP contribution in [0.5, 0.6) is 5.88 Å². The van der Waals surface area contributed by atoms with Gasteiger partial charge in [0.2, 0.25) is 5.88 Å². The van der Waals surface area contributed by atoms with Gasteiger partial charge in [0, 0.05) is 32.2 Å². The Kier molecular flexibility index (Phi) is 3.81. The molecule has 0 radical (unpaired) electrons. The largest absolute Gasteiger partial charge is 0.481 e. The smallest absolute Gasteiger partial charge is 0.218 e. The molecule has 0 N–H and O–H groups in total. The lowest BCUT2D eigenvalue weighted by atomic mass is 10.3. The number of piperazine rings is 1. The highest BCUT2D eigenvalue weighted by atomic mass is 19.1. The molecule has 1 aliphatic rings. The Balaban J connectivity index is 1.65. The first kappa shape index (κ1) is 13.5. The molecule has 0 bridgehead atoms. The molecule has 0 saturated carbocycles. The molecule has 6 nitrogen and oxygen atoms in total. The lowest BCUT2D eigenvalue weighted by molar-refractivity contribution is 0.396. The summed E-state index contributed by atoms with van der Waals surface area (Å²) in [7, 11) is 1.59. The van der Waals surface area contributed by atoms with Gasteiger partial charge in [0.25, 0.3) is 0 Å². The van der Waals surface area contributed by atoms with Gasteiger partial charge in [0.1, 0.15) is 23.8 Å². The molecular formula is C14H16FN5O. The van der Waals surface area contributed by atoms with Crippen molar-refractivity contribution in [1.29, 1.82) is 0 Å². The number of methoxy groups -OCH3 is 1. The van der Waals surface area contributed by atoms with E-state index in [0.717, 1.165) is 37.8 Å². The molecule has 2 aromatic heterocycles. The zero-order valence-electron chi connectivity index (χ0n) is 11.7. The van der Waals surface area contributed by atoms with Crippen LogP contribution in [0.25, 0.3) is 0 Å². The third kappa shape index (κ3) is 3.01. The van der Waals surface area contributed by atoms with E-state index >= 15 is 0 Å². The number of anilines is 2. The first-order valence-corrected chi connectivity index (χ1v) is 6.74. The van der Waals surface area contributed by atoms with E-state index in [1.807, 2.05) is 6.07 Å². The molecule has 7 heteroatoms. The van der Waals surface area contributed by atoms with Crippen LogP contribution in [0, 0.1) is 5.82 Å². The highest BCUT2D eigenvalue weighted by Crippen LogP contribution is 2.19. The summed E-state index contributed by atoms with van der Waals surface area (Å²) < 4.78 is 18.0. The molecule has 21 heavy (non-hydrogen) atoms. The molecule has 0 spiro atoms. The van der Waals surface area contributed by atoms with Crippen LogP contribution in [0.3, 0.4) is 0 Å². The van der Waals surface area contributed by atoms with Gasteiger partial charge >= 0.3 is 0 Å². The fraction of sp³-hybridized carbons (Fsp3) is 0.357. The topological polar surface area (TPSA) is 54.4 Å². The Bertz CT molecular complexity index is 599. The summed E-state index contributed by atoms with van der Waals surface area (Å²) in [6.45, 7) is 3.26. The molecule has 3 heterocycles. The van der Waals surface area contributed by atoms with Gasteiger partial charge in [-0.05, 0) is 12.1 Å². The minimum Gasteiger partial charge on any atom is -0.481 e. The van der Waals surface area contributed by atoms with Crippen molar-refractivity contribution >= 4 is 11.6 Å². The molecule has 2 aromatic rings. The molecule has 0 unspecified atom stereocenters. The lowest BCUT2D eigenvalue weighted by Crippen LogP contribution is -2.47. The highest BCUT2D eigenvalue weighted by molar-refractivity contribution is 5.45. The SMILES string of the molecule is COc1cc(N2CCN(c3ccc(F)cn3)CC2)ncn1. The van der Waals surface area contributed by atoms with Gasteiger partial charge in [-0.25, -0.2) is 19.3 Å². The van der Waals surface area contributed by atoms with E-state index < -0.39 is 0 Å². The number of nitrogens with zero attached hydrogens (tertiary/aromatic N) is 5. The van der Waals surface area contributed by atoms with E-state index in [2.05, 4.69) is 24.8 Å². The highest BCUT2D eigenvalue weighted by Gasteiger charge is 2.19. The second-order valence-corrected chi connectivity index (χ2v) is 4.73. The van der Waals surface area contributed by atoms with Crippen LogP contribution >= 0.6 is 0 Å². The Morgan fingerprint density at radius 2 is 1.71 bits per heavy atom.